The summed E-state index contributed by atoms with van der Waals surface area (Å²) in [7, 11) is 0. The van der Waals surface area contributed by atoms with E-state index in [1.165, 1.54) is 48.5 Å². The van der Waals surface area contributed by atoms with E-state index >= 15 is 0 Å². The molecule has 3 rings (SSSR count). The molecule has 186 valence electrons. The van der Waals surface area contributed by atoms with Gasteiger partial charge < -0.3 is 9.84 Å². The van der Waals surface area contributed by atoms with E-state index in [0.29, 0.717) is 4.47 Å². The number of alkyl halides is 7. The fraction of sp³-hybridized carbons (Fsp3) is 0.286. The van der Waals surface area contributed by atoms with E-state index in [4.69, 9.17) is 10.00 Å². The van der Waals surface area contributed by atoms with Gasteiger partial charge in [-0.15, -0.1) is 0 Å². The van der Waals surface area contributed by atoms with Gasteiger partial charge in [0.25, 0.3) is 5.91 Å². The van der Waals surface area contributed by atoms with Crippen molar-refractivity contribution in [2.45, 2.75) is 30.2 Å². The lowest BCUT2D eigenvalue weighted by Gasteiger charge is -2.41. The summed E-state index contributed by atoms with van der Waals surface area (Å²) in [6.07, 6.45) is -8.28. The van der Waals surface area contributed by atoms with E-state index in [2.05, 4.69) is 21.0 Å². The lowest BCUT2D eigenvalue weighted by atomic mass is 9.91. The number of carbonyl (C=O) groups is 1. The first-order chi connectivity index (χ1) is 16.1. The number of halogens is 8. The molecular weight excluding hydrogens is 555 g/mol. The topological polar surface area (TPSA) is 85.9 Å². The average molecular weight is 568 g/mol. The standard InChI is InChI=1S/C21H13BrF7N3O3/c22-14-5-3-13(4-6-14)16-9-18(34,19(23,24)20(25,26)21(27,28)29)32(31-16)17(33)11-35-15-7-1-12(10-30)2-8-15/h1-8,34H,9,11H2/t18-/m1/s1. The summed E-state index contributed by atoms with van der Waals surface area (Å²) in [5.41, 5.74) is -4.71. The van der Waals surface area contributed by atoms with Crippen LogP contribution in [0.4, 0.5) is 30.7 Å². The maximum Gasteiger partial charge on any atom is 0.460 e. The molecule has 0 radical (unpaired) electrons. The van der Waals surface area contributed by atoms with E-state index in [1.807, 2.05) is 6.07 Å². The van der Waals surface area contributed by atoms with Crippen LogP contribution in [0.25, 0.3) is 0 Å². The minimum absolute atomic E-state index is 0.0129. The number of ether oxygens (including phenoxy) is 1. The van der Waals surface area contributed by atoms with Crippen molar-refractivity contribution < 1.29 is 45.4 Å². The van der Waals surface area contributed by atoms with Crippen LogP contribution < -0.4 is 4.74 Å². The molecule has 1 heterocycles. The molecule has 0 fully saturated rings. The van der Waals surface area contributed by atoms with E-state index in [9.17, 15) is 40.6 Å². The summed E-state index contributed by atoms with van der Waals surface area (Å²) in [4.78, 5) is 12.6. The van der Waals surface area contributed by atoms with Crippen molar-refractivity contribution in [3.8, 4) is 11.8 Å². The van der Waals surface area contributed by atoms with Crippen molar-refractivity contribution in [1.82, 2.24) is 5.01 Å². The molecule has 1 aliphatic rings. The van der Waals surface area contributed by atoms with Crippen LogP contribution >= 0.6 is 15.9 Å². The molecule has 0 aromatic heterocycles. The summed E-state index contributed by atoms with van der Waals surface area (Å²) in [5.74, 6) is -14.6. The molecular formula is C21H13BrF7N3O3. The molecule has 0 saturated carbocycles. The lowest BCUT2D eigenvalue weighted by Crippen LogP contribution is -2.69. The number of hydrogen-bond donors (Lipinski definition) is 1. The Hall–Kier alpha value is -3.18. The van der Waals surface area contributed by atoms with Gasteiger partial charge in [0.05, 0.1) is 17.3 Å². The molecule has 1 aliphatic heterocycles. The Kier molecular flexibility index (Phi) is 6.89. The highest BCUT2D eigenvalue weighted by molar-refractivity contribution is 9.10. The second-order valence-corrected chi connectivity index (χ2v) is 8.24. The first-order valence-electron chi connectivity index (χ1n) is 9.48. The third-order valence-electron chi connectivity index (χ3n) is 5.00. The Morgan fingerprint density at radius 2 is 1.66 bits per heavy atom. The maximum atomic E-state index is 14.7. The second kappa shape index (κ2) is 9.12. The van der Waals surface area contributed by atoms with Crippen molar-refractivity contribution in [2.75, 3.05) is 6.61 Å². The summed E-state index contributed by atoms with van der Waals surface area (Å²) >= 11 is 3.11. The second-order valence-electron chi connectivity index (χ2n) is 7.32. The number of amides is 1. The van der Waals surface area contributed by atoms with Crippen molar-refractivity contribution in [2.24, 2.45) is 5.10 Å². The molecule has 1 amide bonds. The van der Waals surface area contributed by atoms with Crippen LogP contribution in [0, 0.1) is 11.3 Å². The average Bonchev–Trinajstić information content (AvgIpc) is 3.16. The number of hydrogen-bond acceptors (Lipinski definition) is 5. The van der Waals surface area contributed by atoms with Gasteiger partial charge in [0.1, 0.15) is 5.75 Å². The Labute approximate surface area is 201 Å². The van der Waals surface area contributed by atoms with Crippen molar-refractivity contribution >= 4 is 27.5 Å². The van der Waals surface area contributed by atoms with E-state index in [1.54, 1.807) is 0 Å². The molecule has 0 bridgehead atoms. The van der Waals surface area contributed by atoms with Gasteiger partial charge in [0, 0.05) is 10.9 Å². The zero-order chi connectivity index (χ0) is 26.2. The van der Waals surface area contributed by atoms with Gasteiger partial charge >= 0.3 is 18.0 Å². The lowest BCUT2D eigenvalue weighted by molar-refractivity contribution is -0.401. The molecule has 0 saturated heterocycles. The van der Waals surface area contributed by atoms with E-state index in [0.717, 1.165) is 0 Å². The molecule has 1 atom stereocenters. The quantitative estimate of drug-likeness (QED) is 0.505. The Bertz CT molecular complexity index is 1180. The van der Waals surface area contributed by atoms with Crippen LogP contribution in [-0.2, 0) is 4.79 Å². The maximum absolute atomic E-state index is 14.7. The first-order valence-corrected chi connectivity index (χ1v) is 10.3. The highest BCUT2D eigenvalue weighted by Crippen LogP contribution is 2.54. The van der Waals surface area contributed by atoms with Crippen molar-refractivity contribution in [1.29, 1.82) is 5.26 Å². The third kappa shape index (κ3) is 4.70. The zero-order valence-electron chi connectivity index (χ0n) is 17.2. The zero-order valence-corrected chi connectivity index (χ0v) is 18.7. The van der Waals surface area contributed by atoms with Crippen LogP contribution in [0.15, 0.2) is 58.1 Å². The molecule has 35 heavy (non-hydrogen) atoms. The number of nitrogens with zero attached hydrogens (tertiary/aromatic N) is 3. The van der Waals surface area contributed by atoms with Gasteiger partial charge in [-0.25, -0.2) is 0 Å². The Morgan fingerprint density at radius 1 is 1.09 bits per heavy atom. The largest absolute Gasteiger partial charge is 0.484 e. The molecule has 2 aromatic rings. The third-order valence-corrected chi connectivity index (χ3v) is 5.53. The number of hydrazone groups is 1. The van der Waals surface area contributed by atoms with Crippen LogP contribution in [0.5, 0.6) is 5.75 Å². The van der Waals surface area contributed by atoms with Crippen LogP contribution in [-0.4, -0.2) is 52.1 Å². The summed E-state index contributed by atoms with van der Waals surface area (Å²) in [6.45, 7) is -1.15. The van der Waals surface area contributed by atoms with Gasteiger partial charge in [0.2, 0.25) is 5.72 Å². The van der Waals surface area contributed by atoms with Crippen LogP contribution in [0.2, 0.25) is 0 Å². The minimum atomic E-state index is -6.75. The molecule has 0 spiro atoms. The molecule has 6 nitrogen and oxygen atoms in total. The molecule has 2 aromatic carbocycles. The number of carbonyl (C=O) groups excluding carboxylic acids is 1. The normalized spacial score (nSPS) is 18.7. The van der Waals surface area contributed by atoms with Gasteiger partial charge in [0.15, 0.2) is 6.61 Å². The highest BCUT2D eigenvalue weighted by Gasteiger charge is 2.82. The number of aliphatic hydroxyl groups is 1. The first kappa shape index (κ1) is 26.4. The minimum Gasteiger partial charge on any atom is -0.484 e. The highest BCUT2D eigenvalue weighted by atomic mass is 79.9. The smallest absolute Gasteiger partial charge is 0.460 e. The van der Waals surface area contributed by atoms with Crippen LogP contribution in [0.1, 0.15) is 17.5 Å². The predicted molar refractivity (Wildman–Crippen MR) is 110 cm³/mol. The van der Waals surface area contributed by atoms with Crippen LogP contribution in [0.3, 0.4) is 0 Å². The monoisotopic (exact) mass is 567 g/mol. The van der Waals surface area contributed by atoms with Crippen molar-refractivity contribution in [3.63, 3.8) is 0 Å². The molecule has 14 heteroatoms. The van der Waals surface area contributed by atoms with Gasteiger partial charge in [-0.05, 0) is 42.0 Å². The summed E-state index contributed by atoms with van der Waals surface area (Å²) in [6, 6.07) is 12.2. The van der Waals surface area contributed by atoms with Gasteiger partial charge in [-0.2, -0.15) is 46.1 Å². The summed E-state index contributed by atoms with van der Waals surface area (Å²) < 4.78 is 101. The number of benzene rings is 2. The van der Waals surface area contributed by atoms with E-state index in [-0.39, 0.29) is 16.9 Å². The molecule has 0 aliphatic carbocycles. The molecule has 0 unspecified atom stereocenters. The van der Waals surface area contributed by atoms with Gasteiger partial charge in [-0.3, -0.25) is 4.79 Å². The van der Waals surface area contributed by atoms with E-state index < -0.39 is 53.4 Å². The van der Waals surface area contributed by atoms with Crippen molar-refractivity contribution in [3.05, 3.63) is 64.1 Å². The predicted octanol–water partition coefficient (Wildman–Crippen LogP) is 4.86. The fourth-order valence-electron chi connectivity index (χ4n) is 3.12. The van der Waals surface area contributed by atoms with Gasteiger partial charge in [-0.1, -0.05) is 28.1 Å². The number of rotatable bonds is 6. The molecule has 1 N–H and O–H groups in total. The SMILES string of the molecule is N#Cc1ccc(OCC(=O)N2N=C(c3ccc(Br)cc3)C[C@@]2(O)C(F)(F)C(F)(F)C(F)(F)F)cc1. The summed E-state index contributed by atoms with van der Waals surface area (Å²) in [5, 5.41) is 22.3. The Balaban J connectivity index is 1.98. The fourth-order valence-corrected chi connectivity index (χ4v) is 3.38. The Morgan fingerprint density at radius 3 is 2.17 bits per heavy atom. The number of nitriles is 1.